The van der Waals surface area contributed by atoms with E-state index < -0.39 is 11.5 Å². The Morgan fingerprint density at radius 2 is 2.42 bits per heavy atom. The van der Waals surface area contributed by atoms with E-state index >= 15 is 0 Å². The molecule has 1 aliphatic heterocycles. The van der Waals surface area contributed by atoms with Gasteiger partial charge >= 0.3 is 5.97 Å². The second-order valence-corrected chi connectivity index (χ2v) is 4.26. The van der Waals surface area contributed by atoms with Crippen molar-refractivity contribution >= 4 is 17.7 Å². The maximum absolute atomic E-state index is 11.1. The van der Waals surface area contributed by atoms with E-state index in [1.807, 2.05) is 18.9 Å². The fraction of sp³-hybridized carbons (Fsp3) is 0.875. The van der Waals surface area contributed by atoms with Crippen molar-refractivity contribution in [3.8, 4) is 0 Å². The number of aliphatic carboxylic acids is 1. The van der Waals surface area contributed by atoms with E-state index in [0.717, 1.165) is 24.5 Å². The lowest BCUT2D eigenvalue weighted by molar-refractivity contribution is -0.148. The second kappa shape index (κ2) is 3.66. The Morgan fingerprint density at radius 1 is 1.75 bits per heavy atom. The van der Waals surface area contributed by atoms with Gasteiger partial charge in [-0.25, -0.2) is 0 Å². The maximum Gasteiger partial charge on any atom is 0.325 e. The highest BCUT2D eigenvalue weighted by Gasteiger charge is 2.44. The molecule has 1 aliphatic rings. The van der Waals surface area contributed by atoms with Crippen LogP contribution in [0, 0.1) is 0 Å². The van der Waals surface area contributed by atoms with Gasteiger partial charge in [0.15, 0.2) is 0 Å². The Bertz CT molecular complexity index is 178. The van der Waals surface area contributed by atoms with Crippen molar-refractivity contribution < 1.29 is 9.90 Å². The molecule has 1 N–H and O–H groups in total. The molecular formula is C8H15NO2S. The number of carbonyl (C=O) groups is 1. The van der Waals surface area contributed by atoms with Crippen LogP contribution in [0.15, 0.2) is 0 Å². The molecule has 0 aliphatic carbocycles. The molecular weight excluding hydrogens is 174 g/mol. The van der Waals surface area contributed by atoms with E-state index in [1.54, 1.807) is 11.8 Å². The Labute approximate surface area is 77.1 Å². The van der Waals surface area contributed by atoms with Crippen LogP contribution in [0.4, 0.5) is 0 Å². The highest BCUT2D eigenvalue weighted by atomic mass is 32.2. The van der Waals surface area contributed by atoms with Crippen LogP contribution in [0.2, 0.25) is 0 Å². The SMILES string of the molecule is CCN(C)C1(C(=O)O)CCSC1. The summed E-state index contributed by atoms with van der Waals surface area (Å²) in [5, 5.41) is 9.11. The Kier molecular flexibility index (Phi) is 3.01. The fourth-order valence-electron chi connectivity index (χ4n) is 1.49. The van der Waals surface area contributed by atoms with Gasteiger partial charge in [-0.1, -0.05) is 6.92 Å². The molecule has 1 heterocycles. The molecule has 0 aromatic carbocycles. The molecule has 1 atom stereocenters. The monoisotopic (exact) mass is 189 g/mol. The predicted molar refractivity (Wildman–Crippen MR) is 50.6 cm³/mol. The molecule has 3 nitrogen and oxygen atoms in total. The number of rotatable bonds is 3. The number of hydrogen-bond acceptors (Lipinski definition) is 3. The number of carboxylic acids is 1. The van der Waals surface area contributed by atoms with E-state index in [4.69, 9.17) is 5.11 Å². The first-order valence-corrected chi connectivity index (χ1v) is 5.31. The summed E-state index contributed by atoms with van der Waals surface area (Å²) in [6.45, 7) is 2.79. The van der Waals surface area contributed by atoms with Crippen LogP contribution in [0.1, 0.15) is 13.3 Å². The van der Waals surface area contributed by atoms with Crippen molar-refractivity contribution in [3.05, 3.63) is 0 Å². The lowest BCUT2D eigenvalue weighted by atomic mass is 9.97. The summed E-state index contributed by atoms with van der Waals surface area (Å²) >= 11 is 1.73. The first-order chi connectivity index (χ1) is 5.63. The third kappa shape index (κ3) is 1.45. The number of nitrogens with zero attached hydrogens (tertiary/aromatic N) is 1. The minimum atomic E-state index is -0.670. The van der Waals surface area contributed by atoms with Gasteiger partial charge in [0.05, 0.1) is 0 Å². The molecule has 0 aromatic heterocycles. The average molecular weight is 189 g/mol. The summed E-state index contributed by atoms with van der Waals surface area (Å²) in [6.07, 6.45) is 0.775. The highest BCUT2D eigenvalue weighted by Crippen LogP contribution is 2.32. The topological polar surface area (TPSA) is 40.5 Å². The zero-order valence-corrected chi connectivity index (χ0v) is 8.36. The van der Waals surface area contributed by atoms with Crippen LogP contribution in [0.5, 0.6) is 0 Å². The minimum Gasteiger partial charge on any atom is -0.480 e. The summed E-state index contributed by atoms with van der Waals surface area (Å²) in [6, 6.07) is 0. The largest absolute Gasteiger partial charge is 0.480 e. The van der Waals surface area contributed by atoms with Gasteiger partial charge in [0.25, 0.3) is 0 Å². The third-order valence-electron chi connectivity index (χ3n) is 2.60. The van der Waals surface area contributed by atoms with Crippen molar-refractivity contribution in [1.29, 1.82) is 0 Å². The molecule has 1 rings (SSSR count). The second-order valence-electron chi connectivity index (χ2n) is 3.15. The van der Waals surface area contributed by atoms with Crippen molar-refractivity contribution in [3.63, 3.8) is 0 Å². The lowest BCUT2D eigenvalue weighted by Crippen LogP contribution is -2.53. The third-order valence-corrected chi connectivity index (χ3v) is 3.78. The zero-order chi connectivity index (χ0) is 9.19. The maximum atomic E-state index is 11.1. The molecule has 0 spiro atoms. The first-order valence-electron chi connectivity index (χ1n) is 4.16. The van der Waals surface area contributed by atoms with E-state index in [-0.39, 0.29) is 0 Å². The van der Waals surface area contributed by atoms with Gasteiger partial charge in [-0.2, -0.15) is 11.8 Å². The van der Waals surface area contributed by atoms with Crippen LogP contribution in [-0.4, -0.2) is 46.6 Å². The predicted octanol–water partition coefficient (Wildman–Crippen LogP) is 0.898. The molecule has 12 heavy (non-hydrogen) atoms. The summed E-state index contributed by atoms with van der Waals surface area (Å²) < 4.78 is 0. The first kappa shape index (κ1) is 9.86. The Balaban J connectivity index is 2.78. The minimum absolute atomic E-state index is 0.584. The molecule has 0 bridgehead atoms. The molecule has 70 valence electrons. The standard InChI is InChI=1S/C8H15NO2S/c1-3-9(2)8(7(10)11)4-5-12-6-8/h3-6H2,1-2H3,(H,10,11). The van der Waals surface area contributed by atoms with Crippen molar-refractivity contribution in [2.45, 2.75) is 18.9 Å². The van der Waals surface area contributed by atoms with Crippen molar-refractivity contribution in [2.24, 2.45) is 0 Å². The van der Waals surface area contributed by atoms with E-state index in [2.05, 4.69) is 0 Å². The fourth-order valence-corrected chi connectivity index (χ4v) is 2.94. The summed E-state index contributed by atoms with van der Waals surface area (Å²) in [5.41, 5.74) is -0.584. The van der Waals surface area contributed by atoms with Crippen LogP contribution in [0.3, 0.4) is 0 Å². The molecule has 0 radical (unpaired) electrons. The van der Waals surface area contributed by atoms with Crippen molar-refractivity contribution in [2.75, 3.05) is 25.1 Å². The van der Waals surface area contributed by atoms with Gasteiger partial charge in [0, 0.05) is 5.75 Å². The highest BCUT2D eigenvalue weighted by molar-refractivity contribution is 7.99. The van der Waals surface area contributed by atoms with E-state index in [1.165, 1.54) is 0 Å². The molecule has 1 unspecified atom stereocenters. The molecule has 0 aromatic rings. The molecule has 4 heteroatoms. The van der Waals surface area contributed by atoms with Gasteiger partial charge in [0.2, 0.25) is 0 Å². The van der Waals surface area contributed by atoms with Crippen LogP contribution in [0.25, 0.3) is 0 Å². The van der Waals surface area contributed by atoms with Crippen LogP contribution >= 0.6 is 11.8 Å². The van der Waals surface area contributed by atoms with Gasteiger partial charge in [-0.3, -0.25) is 9.69 Å². The van der Waals surface area contributed by atoms with Crippen LogP contribution in [-0.2, 0) is 4.79 Å². The Morgan fingerprint density at radius 3 is 2.75 bits per heavy atom. The summed E-state index contributed by atoms with van der Waals surface area (Å²) in [7, 11) is 1.89. The lowest BCUT2D eigenvalue weighted by Gasteiger charge is -2.33. The molecule has 0 amide bonds. The number of hydrogen-bond donors (Lipinski definition) is 1. The van der Waals surface area contributed by atoms with E-state index in [0.29, 0.717) is 0 Å². The van der Waals surface area contributed by atoms with Crippen molar-refractivity contribution in [1.82, 2.24) is 4.90 Å². The summed E-state index contributed by atoms with van der Waals surface area (Å²) in [5.74, 6) is 1.03. The van der Waals surface area contributed by atoms with Gasteiger partial charge in [-0.15, -0.1) is 0 Å². The van der Waals surface area contributed by atoms with Gasteiger partial charge < -0.3 is 5.11 Å². The summed E-state index contributed by atoms with van der Waals surface area (Å²) in [4.78, 5) is 13.0. The zero-order valence-electron chi connectivity index (χ0n) is 7.54. The average Bonchev–Trinajstić information content (AvgIpc) is 2.52. The Hall–Kier alpha value is -0.220. The normalized spacial score (nSPS) is 29.6. The smallest absolute Gasteiger partial charge is 0.325 e. The number of likely N-dealkylation sites (N-methyl/N-ethyl adjacent to an activating group) is 1. The van der Waals surface area contributed by atoms with Crippen LogP contribution < -0.4 is 0 Å². The number of thioether (sulfide) groups is 1. The van der Waals surface area contributed by atoms with Gasteiger partial charge in [0.1, 0.15) is 5.54 Å². The molecule has 1 fully saturated rings. The number of carboxylic acid groups (broad SMARTS) is 1. The van der Waals surface area contributed by atoms with Gasteiger partial charge in [-0.05, 0) is 25.8 Å². The molecule has 1 saturated heterocycles. The van der Waals surface area contributed by atoms with E-state index in [9.17, 15) is 4.79 Å². The molecule has 0 saturated carbocycles. The quantitative estimate of drug-likeness (QED) is 0.716.